The number of nitrogens with two attached hydrogens (primary N) is 3. The molecule has 67 heavy (non-hydrogen) atoms. The van der Waals surface area contributed by atoms with Gasteiger partial charge in [0.25, 0.3) is 0 Å². The number of aliphatic carboxylic acids is 3. The van der Waals surface area contributed by atoms with Crippen molar-refractivity contribution in [3.63, 3.8) is 0 Å². The molecular weight excluding hydrogens is 891 g/mol. The molecule has 1 aliphatic rings. The predicted molar refractivity (Wildman–Crippen MR) is 253 cm³/mol. The van der Waals surface area contributed by atoms with E-state index in [2.05, 4.69) is 26.6 Å². The Labute approximate surface area is 395 Å². The zero-order valence-corrected chi connectivity index (χ0v) is 38.7. The van der Waals surface area contributed by atoms with Crippen LogP contribution in [-0.2, 0) is 46.4 Å². The lowest BCUT2D eigenvalue weighted by molar-refractivity contribution is -0.140. The Bertz CT molecular complexity index is 1960. The van der Waals surface area contributed by atoms with Crippen LogP contribution in [0.4, 0.5) is 5.69 Å². The molecule has 0 aliphatic carbocycles. The van der Waals surface area contributed by atoms with E-state index in [9.17, 15) is 54.0 Å². The van der Waals surface area contributed by atoms with Crippen LogP contribution >= 0.6 is 12.2 Å². The Kier molecular flexibility index (Phi) is 23.9. The molecule has 3 rings (SSSR count). The molecule has 2 aromatic rings. The fourth-order valence-corrected chi connectivity index (χ4v) is 7.79. The van der Waals surface area contributed by atoms with Crippen molar-refractivity contribution in [3.05, 3.63) is 59.7 Å². The Morgan fingerprint density at radius 3 is 1.75 bits per heavy atom. The maximum atomic E-state index is 13.9. The number of primary amides is 1. The molecule has 1 saturated heterocycles. The SMILES string of the molecule is C[C@@H](NC(=S)Nc1ccc(CC2CN(CC(=O)O)CCN(CC(=O)O)CCN2CC(=O)O)cc1)C(=O)N[C@@H](CCCCN)C(=O)N[C@H](Cc1ccc(O)cc1)C(=O)N[C@@H](CCCCN)C(N)=O. The molecule has 2 aromatic carbocycles. The lowest BCUT2D eigenvalue weighted by Crippen LogP contribution is -2.58. The Morgan fingerprint density at radius 1 is 0.657 bits per heavy atom. The van der Waals surface area contributed by atoms with Gasteiger partial charge < -0.3 is 64.2 Å². The number of carboxylic acid groups (broad SMARTS) is 3. The Morgan fingerprint density at radius 2 is 1.16 bits per heavy atom. The molecule has 0 radical (unpaired) electrons. The maximum Gasteiger partial charge on any atom is 0.317 e. The van der Waals surface area contributed by atoms with E-state index in [0.29, 0.717) is 63.0 Å². The van der Waals surface area contributed by atoms with Gasteiger partial charge in [-0.15, -0.1) is 0 Å². The number of carbonyl (C=O) groups excluding carboxylic acids is 4. The number of unbranched alkanes of at least 4 members (excludes halogenated alkanes) is 2. The second-order valence-electron chi connectivity index (χ2n) is 16.6. The van der Waals surface area contributed by atoms with E-state index in [0.717, 1.165) is 5.56 Å². The molecule has 15 N–H and O–H groups in total. The molecule has 23 heteroatoms. The second kappa shape index (κ2) is 28.9. The number of amides is 4. The van der Waals surface area contributed by atoms with Crippen LogP contribution in [0.3, 0.4) is 0 Å². The molecule has 1 heterocycles. The van der Waals surface area contributed by atoms with Crippen molar-refractivity contribution in [1.29, 1.82) is 0 Å². The van der Waals surface area contributed by atoms with Crippen LogP contribution in [0.2, 0.25) is 0 Å². The predicted octanol–water partition coefficient (Wildman–Crippen LogP) is -1.41. The number of aromatic hydroxyl groups is 1. The minimum Gasteiger partial charge on any atom is -0.508 e. The highest BCUT2D eigenvalue weighted by Gasteiger charge is 2.31. The summed E-state index contributed by atoms with van der Waals surface area (Å²) in [5.74, 6) is -5.84. The summed E-state index contributed by atoms with van der Waals surface area (Å²) in [4.78, 5) is 93.5. The molecule has 0 saturated carbocycles. The molecule has 1 fully saturated rings. The second-order valence-corrected chi connectivity index (χ2v) is 17.0. The third-order valence-electron chi connectivity index (χ3n) is 11.1. The molecular formula is C44H67N11O11S. The van der Waals surface area contributed by atoms with Crippen LogP contribution < -0.4 is 43.8 Å². The van der Waals surface area contributed by atoms with Gasteiger partial charge in [0.05, 0.1) is 19.6 Å². The van der Waals surface area contributed by atoms with E-state index in [4.69, 9.17) is 29.4 Å². The number of hydrogen-bond donors (Lipinski definition) is 12. The number of anilines is 1. The standard InChI is InChI=1S/C44H67N11O11S/c1-28(41(64)51-35(7-3-5-17-46)42(65)52-36(23-30-10-14-33(56)15-11-30)43(66)50-34(40(47)63)6-2-4-16-45)48-44(67)49-31-12-8-29(9-13-31)22-32-24-54(26-38(59)60)19-18-53(25-37(57)58)20-21-55(32)27-39(61)62/h8-15,28,32,34-36,56H,2-7,16-27,45-46H2,1H3,(H2,47,63)(H,50,66)(H,51,64)(H,52,65)(H,57,58)(H,59,60)(H,61,62)(H2,48,49,67)/t28-,32?,34+,35+,36-/m1/s1. The van der Waals surface area contributed by atoms with Crippen molar-refractivity contribution >= 4 is 64.6 Å². The molecule has 0 spiro atoms. The van der Waals surface area contributed by atoms with Gasteiger partial charge >= 0.3 is 17.9 Å². The molecule has 370 valence electrons. The van der Waals surface area contributed by atoms with Crippen LogP contribution in [0.15, 0.2) is 48.5 Å². The van der Waals surface area contributed by atoms with Crippen LogP contribution in [0.1, 0.15) is 56.6 Å². The minimum atomic E-state index is -1.20. The van der Waals surface area contributed by atoms with E-state index in [1.807, 2.05) is 0 Å². The first-order valence-electron chi connectivity index (χ1n) is 22.3. The van der Waals surface area contributed by atoms with Gasteiger partial charge in [0.15, 0.2) is 5.11 Å². The molecule has 5 atom stereocenters. The highest BCUT2D eigenvalue weighted by molar-refractivity contribution is 7.80. The van der Waals surface area contributed by atoms with E-state index in [1.165, 1.54) is 12.1 Å². The smallest absolute Gasteiger partial charge is 0.317 e. The first-order chi connectivity index (χ1) is 31.9. The van der Waals surface area contributed by atoms with Gasteiger partial charge in [-0.2, -0.15) is 0 Å². The van der Waals surface area contributed by atoms with Gasteiger partial charge in [0, 0.05) is 50.9 Å². The Balaban J connectivity index is 1.70. The topological polar surface area (TPSA) is 348 Å². The third kappa shape index (κ3) is 21.0. The van der Waals surface area contributed by atoms with Gasteiger partial charge in [-0.05, 0) is 113 Å². The molecule has 0 aromatic heterocycles. The van der Waals surface area contributed by atoms with Gasteiger partial charge in [-0.3, -0.25) is 48.3 Å². The molecule has 4 amide bonds. The zero-order chi connectivity index (χ0) is 49.5. The first-order valence-corrected chi connectivity index (χ1v) is 22.7. The summed E-state index contributed by atoms with van der Waals surface area (Å²) >= 11 is 5.52. The maximum absolute atomic E-state index is 13.9. The Hall–Kier alpha value is -5.98. The number of phenols is 1. The van der Waals surface area contributed by atoms with E-state index < -0.39 is 71.7 Å². The van der Waals surface area contributed by atoms with Gasteiger partial charge in [0.2, 0.25) is 23.6 Å². The molecule has 1 unspecified atom stereocenters. The molecule has 22 nitrogen and oxygen atoms in total. The summed E-state index contributed by atoms with van der Waals surface area (Å²) in [7, 11) is 0. The largest absolute Gasteiger partial charge is 0.508 e. The molecule has 0 bridgehead atoms. The lowest BCUT2D eigenvalue weighted by atomic mass is 10.0. The summed E-state index contributed by atoms with van der Waals surface area (Å²) in [6.45, 7) is 2.72. The van der Waals surface area contributed by atoms with Gasteiger partial charge in [-0.25, -0.2) is 0 Å². The monoisotopic (exact) mass is 957 g/mol. The molecule has 1 aliphatic heterocycles. The minimum absolute atomic E-state index is 0.00341. The number of benzene rings is 2. The van der Waals surface area contributed by atoms with Crippen LogP contribution in [0, 0.1) is 0 Å². The first kappa shape index (κ1) is 55.3. The lowest BCUT2D eigenvalue weighted by Gasteiger charge is -2.33. The fraction of sp³-hybridized carbons (Fsp3) is 0.545. The van der Waals surface area contributed by atoms with Gasteiger partial charge in [-0.1, -0.05) is 24.3 Å². The number of thiocarbonyl (C=S) groups is 1. The van der Waals surface area contributed by atoms with Crippen molar-refractivity contribution in [1.82, 2.24) is 36.0 Å². The number of phenolic OH excluding ortho intramolecular Hbond substituents is 1. The van der Waals surface area contributed by atoms with Crippen molar-refractivity contribution in [2.75, 3.05) is 70.8 Å². The van der Waals surface area contributed by atoms with Crippen molar-refractivity contribution in [3.8, 4) is 5.75 Å². The quantitative estimate of drug-likeness (QED) is 0.0362. The van der Waals surface area contributed by atoms with E-state index >= 15 is 0 Å². The number of carboxylic acids is 3. The van der Waals surface area contributed by atoms with Crippen LogP contribution in [0.5, 0.6) is 5.75 Å². The number of hydrogen-bond acceptors (Lipinski definition) is 14. The average Bonchev–Trinajstić information content (AvgIpc) is 3.32. The summed E-state index contributed by atoms with van der Waals surface area (Å²) < 4.78 is 0. The van der Waals surface area contributed by atoms with E-state index in [-0.39, 0.29) is 75.9 Å². The van der Waals surface area contributed by atoms with Crippen molar-refractivity contribution < 1.29 is 54.0 Å². The summed E-state index contributed by atoms with van der Waals surface area (Å²) in [6, 6.07) is 8.45. The number of rotatable bonds is 27. The highest BCUT2D eigenvalue weighted by Crippen LogP contribution is 2.17. The summed E-state index contributed by atoms with van der Waals surface area (Å²) in [6.07, 6.45) is 2.93. The average molecular weight is 958 g/mol. The van der Waals surface area contributed by atoms with Crippen LogP contribution in [-0.4, -0.2) is 177 Å². The normalized spacial score (nSPS) is 16.7. The number of nitrogens with one attached hydrogen (secondary N) is 5. The third-order valence-corrected chi connectivity index (χ3v) is 11.3. The fourth-order valence-electron chi connectivity index (χ4n) is 7.50. The number of nitrogens with zero attached hydrogens (tertiary/aromatic N) is 3. The number of carbonyl (C=O) groups is 7. The summed E-state index contributed by atoms with van der Waals surface area (Å²) in [5, 5.41) is 52.7. The van der Waals surface area contributed by atoms with Crippen LogP contribution in [0.25, 0.3) is 0 Å². The summed E-state index contributed by atoms with van der Waals surface area (Å²) in [5.41, 5.74) is 18.9. The van der Waals surface area contributed by atoms with Crippen molar-refractivity contribution in [2.45, 2.75) is 88.5 Å². The highest BCUT2D eigenvalue weighted by atomic mass is 32.1. The van der Waals surface area contributed by atoms with Crippen molar-refractivity contribution in [2.24, 2.45) is 17.2 Å². The zero-order valence-electron chi connectivity index (χ0n) is 37.9. The van der Waals surface area contributed by atoms with E-state index in [1.54, 1.807) is 58.0 Å². The van der Waals surface area contributed by atoms with Gasteiger partial charge in [0.1, 0.15) is 29.9 Å².